The summed E-state index contributed by atoms with van der Waals surface area (Å²) in [6, 6.07) is 24.8. The Morgan fingerprint density at radius 3 is 2.46 bits per heavy atom. The SMILES string of the molecule is C[C@H](NC(=O)CCc1ccc(Cl)cc1)C(=O)N[C@@H]1CN(C)c2ccccc2C(c2ccccc2)=N1. The zero-order valence-electron chi connectivity index (χ0n) is 19.9. The van der Waals surface area contributed by atoms with E-state index in [2.05, 4.69) is 21.6 Å². The summed E-state index contributed by atoms with van der Waals surface area (Å²) in [6.45, 7) is 2.20. The lowest BCUT2D eigenvalue weighted by Crippen LogP contribution is -2.50. The molecular formula is C28H29ClN4O2. The lowest BCUT2D eigenvalue weighted by Gasteiger charge is -2.24. The number of nitrogens with zero attached hydrogens (tertiary/aromatic N) is 2. The number of benzodiazepines with no additional fused rings is 1. The Morgan fingerprint density at radius 1 is 1.03 bits per heavy atom. The molecule has 1 aliphatic heterocycles. The fourth-order valence-electron chi connectivity index (χ4n) is 4.11. The number of likely N-dealkylation sites (N-methyl/N-ethyl adjacent to an activating group) is 1. The zero-order chi connectivity index (χ0) is 24.8. The van der Waals surface area contributed by atoms with Gasteiger partial charge in [-0.05, 0) is 37.1 Å². The number of hydrogen-bond acceptors (Lipinski definition) is 4. The van der Waals surface area contributed by atoms with E-state index in [1.54, 1.807) is 19.1 Å². The van der Waals surface area contributed by atoms with Gasteiger partial charge in [-0.3, -0.25) is 14.6 Å². The third-order valence-electron chi connectivity index (χ3n) is 5.98. The summed E-state index contributed by atoms with van der Waals surface area (Å²) >= 11 is 5.91. The van der Waals surface area contributed by atoms with Gasteiger partial charge in [0.05, 0.1) is 12.3 Å². The first-order chi connectivity index (χ1) is 16.9. The second-order valence-electron chi connectivity index (χ2n) is 8.68. The maximum atomic E-state index is 13.0. The number of rotatable bonds is 7. The standard InChI is InChI=1S/C28H29ClN4O2/c1-19(30-26(34)17-14-20-12-15-22(29)16-13-20)28(35)32-25-18-33(2)24-11-7-6-10-23(24)27(31-25)21-8-4-3-5-9-21/h3-13,15-16,19,25H,14,17-18H2,1-2H3,(H,30,34)(H,32,35)/t19-,25+/m0/s1. The molecule has 1 heterocycles. The van der Waals surface area contributed by atoms with Gasteiger partial charge in [0.2, 0.25) is 11.8 Å². The minimum Gasteiger partial charge on any atom is -0.370 e. The van der Waals surface area contributed by atoms with Crippen molar-refractivity contribution in [3.8, 4) is 0 Å². The molecule has 4 rings (SSSR count). The van der Waals surface area contributed by atoms with Crippen molar-refractivity contribution in [2.45, 2.75) is 32.0 Å². The summed E-state index contributed by atoms with van der Waals surface area (Å²) in [5.41, 5.74) is 4.90. The van der Waals surface area contributed by atoms with Crippen molar-refractivity contribution in [1.29, 1.82) is 0 Å². The van der Waals surface area contributed by atoms with E-state index in [9.17, 15) is 9.59 Å². The number of amides is 2. The number of hydrogen-bond donors (Lipinski definition) is 2. The van der Waals surface area contributed by atoms with Crippen LogP contribution in [0.4, 0.5) is 5.69 Å². The predicted octanol–water partition coefficient (Wildman–Crippen LogP) is 4.21. The number of fused-ring (bicyclic) bond motifs is 1. The van der Waals surface area contributed by atoms with Crippen LogP contribution in [-0.2, 0) is 16.0 Å². The molecule has 2 atom stereocenters. The van der Waals surface area contributed by atoms with Crippen LogP contribution < -0.4 is 15.5 Å². The minimum absolute atomic E-state index is 0.179. The number of halogens is 1. The van der Waals surface area contributed by atoms with Crippen LogP contribution in [0.2, 0.25) is 5.02 Å². The molecular weight excluding hydrogens is 460 g/mol. The molecule has 0 aliphatic carbocycles. The zero-order valence-corrected chi connectivity index (χ0v) is 20.6. The molecule has 2 amide bonds. The Labute approximate surface area is 211 Å². The average Bonchev–Trinajstić information content (AvgIpc) is 3.00. The Kier molecular flexibility index (Phi) is 7.83. The fourth-order valence-corrected chi connectivity index (χ4v) is 4.24. The molecule has 6 nitrogen and oxygen atoms in total. The lowest BCUT2D eigenvalue weighted by atomic mass is 10.0. The molecule has 0 unspecified atom stereocenters. The van der Waals surface area contributed by atoms with E-state index in [4.69, 9.17) is 16.6 Å². The van der Waals surface area contributed by atoms with E-state index in [1.807, 2.05) is 67.7 Å². The Bertz CT molecular complexity index is 1210. The molecule has 2 N–H and O–H groups in total. The van der Waals surface area contributed by atoms with Gasteiger partial charge in [0.25, 0.3) is 0 Å². The van der Waals surface area contributed by atoms with Crippen LogP contribution in [0.5, 0.6) is 0 Å². The second kappa shape index (κ2) is 11.2. The van der Waals surface area contributed by atoms with Crippen molar-refractivity contribution in [3.63, 3.8) is 0 Å². The number of nitrogens with one attached hydrogen (secondary N) is 2. The Hall–Kier alpha value is -3.64. The van der Waals surface area contributed by atoms with E-state index < -0.39 is 12.2 Å². The molecule has 1 aliphatic rings. The van der Waals surface area contributed by atoms with Crippen molar-refractivity contribution in [2.24, 2.45) is 4.99 Å². The highest BCUT2D eigenvalue weighted by molar-refractivity contribution is 6.30. The first-order valence-corrected chi connectivity index (χ1v) is 12.1. The fraction of sp³-hybridized carbons (Fsp3) is 0.250. The Balaban J connectivity index is 1.43. The molecule has 180 valence electrons. The summed E-state index contributed by atoms with van der Waals surface area (Å²) in [7, 11) is 1.99. The Morgan fingerprint density at radius 2 is 1.71 bits per heavy atom. The molecule has 3 aromatic rings. The number of carbonyl (C=O) groups is 2. The number of aryl methyl sites for hydroxylation is 1. The van der Waals surface area contributed by atoms with Crippen LogP contribution in [0, 0.1) is 0 Å². The molecule has 0 spiro atoms. The lowest BCUT2D eigenvalue weighted by molar-refractivity contribution is -0.128. The van der Waals surface area contributed by atoms with Gasteiger partial charge >= 0.3 is 0 Å². The molecule has 0 aromatic heterocycles. The van der Waals surface area contributed by atoms with Gasteiger partial charge in [0, 0.05) is 35.3 Å². The molecule has 7 heteroatoms. The highest BCUT2D eigenvalue weighted by Crippen LogP contribution is 2.26. The summed E-state index contributed by atoms with van der Waals surface area (Å²) < 4.78 is 0. The van der Waals surface area contributed by atoms with Gasteiger partial charge in [0.1, 0.15) is 12.2 Å². The van der Waals surface area contributed by atoms with Crippen molar-refractivity contribution in [3.05, 3.63) is 101 Å². The molecule has 0 saturated carbocycles. The largest absolute Gasteiger partial charge is 0.370 e. The van der Waals surface area contributed by atoms with Gasteiger partial charge in [-0.2, -0.15) is 0 Å². The van der Waals surface area contributed by atoms with Crippen LogP contribution in [0.3, 0.4) is 0 Å². The van der Waals surface area contributed by atoms with E-state index in [0.29, 0.717) is 18.0 Å². The molecule has 0 bridgehead atoms. The van der Waals surface area contributed by atoms with Crippen molar-refractivity contribution in [2.75, 3.05) is 18.5 Å². The normalized spacial score (nSPS) is 15.9. The number of aliphatic imine (C=N–C) groups is 1. The monoisotopic (exact) mass is 488 g/mol. The number of anilines is 1. The highest BCUT2D eigenvalue weighted by Gasteiger charge is 2.25. The van der Waals surface area contributed by atoms with Crippen LogP contribution in [0.15, 0.2) is 83.9 Å². The molecule has 0 fully saturated rings. The van der Waals surface area contributed by atoms with Gasteiger partial charge in [0.15, 0.2) is 0 Å². The first-order valence-electron chi connectivity index (χ1n) is 11.7. The van der Waals surface area contributed by atoms with Gasteiger partial charge in [-0.25, -0.2) is 0 Å². The van der Waals surface area contributed by atoms with Crippen LogP contribution in [0.1, 0.15) is 30.0 Å². The van der Waals surface area contributed by atoms with E-state index in [-0.39, 0.29) is 18.2 Å². The van der Waals surface area contributed by atoms with Gasteiger partial charge < -0.3 is 15.5 Å². The van der Waals surface area contributed by atoms with Gasteiger partial charge in [-0.15, -0.1) is 0 Å². The van der Waals surface area contributed by atoms with Crippen LogP contribution in [-0.4, -0.2) is 43.3 Å². The quantitative estimate of drug-likeness (QED) is 0.523. The molecule has 35 heavy (non-hydrogen) atoms. The van der Waals surface area contributed by atoms with Crippen molar-refractivity contribution >= 4 is 34.8 Å². The third kappa shape index (κ3) is 6.28. The van der Waals surface area contributed by atoms with E-state index in [1.165, 1.54) is 0 Å². The van der Waals surface area contributed by atoms with E-state index >= 15 is 0 Å². The second-order valence-corrected chi connectivity index (χ2v) is 9.12. The van der Waals surface area contributed by atoms with Crippen LogP contribution >= 0.6 is 11.6 Å². The summed E-state index contributed by atoms with van der Waals surface area (Å²) in [5, 5.41) is 6.47. The summed E-state index contributed by atoms with van der Waals surface area (Å²) in [6.07, 6.45) is 0.397. The maximum Gasteiger partial charge on any atom is 0.243 e. The molecule has 3 aromatic carbocycles. The predicted molar refractivity (Wildman–Crippen MR) is 141 cm³/mol. The first kappa shape index (κ1) is 24.5. The molecule has 0 saturated heterocycles. The average molecular weight is 489 g/mol. The minimum atomic E-state index is -0.681. The van der Waals surface area contributed by atoms with Gasteiger partial charge in [-0.1, -0.05) is 72.3 Å². The maximum absolute atomic E-state index is 13.0. The molecule has 0 radical (unpaired) electrons. The smallest absolute Gasteiger partial charge is 0.243 e. The number of carbonyl (C=O) groups excluding carboxylic acids is 2. The number of benzene rings is 3. The van der Waals surface area contributed by atoms with Crippen LogP contribution in [0.25, 0.3) is 0 Å². The summed E-state index contributed by atoms with van der Waals surface area (Å²) in [5.74, 6) is -0.452. The number of para-hydroxylation sites is 1. The topological polar surface area (TPSA) is 73.8 Å². The summed E-state index contributed by atoms with van der Waals surface area (Å²) in [4.78, 5) is 32.4. The van der Waals surface area contributed by atoms with Crippen molar-refractivity contribution < 1.29 is 9.59 Å². The third-order valence-corrected chi connectivity index (χ3v) is 6.23. The van der Waals surface area contributed by atoms with E-state index in [0.717, 1.165) is 28.1 Å². The van der Waals surface area contributed by atoms with Crippen molar-refractivity contribution in [1.82, 2.24) is 10.6 Å². The highest BCUT2D eigenvalue weighted by atomic mass is 35.5.